The van der Waals surface area contributed by atoms with Gasteiger partial charge < -0.3 is 4.57 Å². The molecule has 31 heavy (non-hydrogen) atoms. The van der Waals surface area contributed by atoms with Crippen LogP contribution in [0.5, 0.6) is 0 Å². The summed E-state index contributed by atoms with van der Waals surface area (Å²) in [7, 11) is 0. The highest BCUT2D eigenvalue weighted by Gasteiger charge is 2.31. The molecule has 6 heteroatoms. The van der Waals surface area contributed by atoms with E-state index in [4.69, 9.17) is 4.99 Å². The van der Waals surface area contributed by atoms with Gasteiger partial charge in [0.25, 0.3) is 5.91 Å². The zero-order chi connectivity index (χ0) is 21.6. The van der Waals surface area contributed by atoms with E-state index in [1.165, 1.54) is 5.01 Å². The Balaban J connectivity index is 1.75. The fourth-order valence-corrected chi connectivity index (χ4v) is 3.74. The molecule has 0 fully saturated rings. The number of aromatic nitrogens is 2. The van der Waals surface area contributed by atoms with Crippen molar-refractivity contribution in [3.63, 3.8) is 0 Å². The van der Waals surface area contributed by atoms with E-state index in [1.54, 1.807) is 18.5 Å². The minimum absolute atomic E-state index is 0.183. The van der Waals surface area contributed by atoms with Crippen LogP contribution in [-0.4, -0.2) is 21.2 Å². The molecule has 1 aliphatic rings. The lowest BCUT2D eigenvalue weighted by molar-refractivity contribution is -0.114. The fourth-order valence-electron chi connectivity index (χ4n) is 3.74. The van der Waals surface area contributed by atoms with E-state index in [0.717, 1.165) is 54.2 Å². The van der Waals surface area contributed by atoms with E-state index in [2.05, 4.69) is 40.6 Å². The monoisotopic (exact) mass is 413 g/mol. The molecular formula is C25H27N5O. The third-order valence-corrected chi connectivity index (χ3v) is 5.41. The highest BCUT2D eigenvalue weighted by Crippen LogP contribution is 2.24. The molecule has 1 amide bonds. The Kier molecular flexibility index (Phi) is 6.36. The van der Waals surface area contributed by atoms with Crippen molar-refractivity contribution in [2.45, 2.75) is 46.1 Å². The number of fused-ring (bicyclic) bond motifs is 1. The van der Waals surface area contributed by atoms with Crippen LogP contribution in [0, 0.1) is 0 Å². The van der Waals surface area contributed by atoms with E-state index in [-0.39, 0.29) is 5.91 Å². The molecule has 0 atom stereocenters. The maximum atomic E-state index is 13.2. The first-order chi connectivity index (χ1) is 15.2. The largest absolute Gasteiger partial charge is 0.348 e. The van der Waals surface area contributed by atoms with Gasteiger partial charge in [-0.3, -0.25) is 9.79 Å². The number of rotatable bonds is 7. The van der Waals surface area contributed by atoms with Crippen LogP contribution in [0.25, 0.3) is 10.9 Å². The van der Waals surface area contributed by atoms with Crippen molar-refractivity contribution in [2.24, 2.45) is 10.1 Å². The van der Waals surface area contributed by atoms with Crippen molar-refractivity contribution in [2.75, 3.05) is 5.01 Å². The zero-order valence-electron chi connectivity index (χ0n) is 18.0. The highest BCUT2D eigenvalue weighted by atomic mass is 16.2. The number of para-hydroxylation sites is 1. The van der Waals surface area contributed by atoms with E-state index < -0.39 is 0 Å². The molecule has 0 spiro atoms. The molecule has 0 N–H and O–H groups in total. The second-order valence-electron chi connectivity index (χ2n) is 7.48. The maximum Gasteiger partial charge on any atom is 0.283 e. The topological polar surface area (TPSA) is 62.9 Å². The standard InChI is InChI=1S/C25H27N5O/c1-3-5-6-12-22-20(25(31)30(28-22)24-14-9-10-16-26-24)18-27-21-15-17-29(4-2)23-13-8-7-11-19(21)23/h7-11,13-18H,3-6,12H2,1-2H3/b20-18-,27-21?. The number of carbonyl (C=O) groups excluding carboxylic acids is 1. The average Bonchev–Trinajstić information content (AvgIpc) is 3.13. The van der Waals surface area contributed by atoms with Gasteiger partial charge >= 0.3 is 0 Å². The van der Waals surface area contributed by atoms with Gasteiger partial charge in [0.15, 0.2) is 5.82 Å². The number of amides is 1. The third kappa shape index (κ3) is 4.33. The van der Waals surface area contributed by atoms with E-state index in [0.29, 0.717) is 11.4 Å². The Morgan fingerprint density at radius 1 is 1.03 bits per heavy atom. The summed E-state index contributed by atoms with van der Waals surface area (Å²) in [6.45, 7) is 5.16. The molecule has 1 aromatic carbocycles. The van der Waals surface area contributed by atoms with E-state index in [1.807, 2.05) is 36.5 Å². The van der Waals surface area contributed by atoms with Crippen molar-refractivity contribution in [1.82, 2.24) is 9.55 Å². The number of aryl methyl sites for hydroxylation is 1. The molecule has 3 aromatic rings. The Bertz CT molecular complexity index is 1210. The molecule has 6 nitrogen and oxygen atoms in total. The second-order valence-corrected chi connectivity index (χ2v) is 7.48. The van der Waals surface area contributed by atoms with Crippen LogP contribution in [0.15, 0.2) is 82.8 Å². The van der Waals surface area contributed by atoms with Crippen molar-refractivity contribution >= 4 is 28.3 Å². The molecule has 0 saturated carbocycles. The Morgan fingerprint density at radius 3 is 2.65 bits per heavy atom. The first-order valence-corrected chi connectivity index (χ1v) is 10.9. The normalized spacial score (nSPS) is 15.9. The number of benzene rings is 1. The SMILES string of the molecule is CCCCCC1=NN(c2ccccn2)C(=O)/C1=C\N=c1ccn(CC)c2ccccc12. The summed E-state index contributed by atoms with van der Waals surface area (Å²) in [6, 6.07) is 15.7. The molecule has 2 aromatic heterocycles. The Morgan fingerprint density at radius 2 is 1.87 bits per heavy atom. The number of nitrogens with zero attached hydrogens (tertiary/aromatic N) is 5. The van der Waals surface area contributed by atoms with Crippen LogP contribution in [0.4, 0.5) is 5.82 Å². The summed E-state index contributed by atoms with van der Waals surface area (Å²) in [5.74, 6) is 0.343. The summed E-state index contributed by atoms with van der Waals surface area (Å²) >= 11 is 0. The smallest absolute Gasteiger partial charge is 0.283 e. The first kappa shape index (κ1) is 20.7. The molecule has 158 valence electrons. The first-order valence-electron chi connectivity index (χ1n) is 10.9. The van der Waals surface area contributed by atoms with Gasteiger partial charge in [0.1, 0.15) is 0 Å². The molecule has 0 unspecified atom stereocenters. The van der Waals surface area contributed by atoms with Crippen LogP contribution in [0.3, 0.4) is 0 Å². The number of hydrogen-bond acceptors (Lipinski definition) is 4. The van der Waals surface area contributed by atoms with Crippen molar-refractivity contribution in [3.8, 4) is 0 Å². The van der Waals surface area contributed by atoms with Crippen LogP contribution >= 0.6 is 0 Å². The summed E-state index contributed by atoms with van der Waals surface area (Å²) in [4.78, 5) is 22.2. The molecule has 0 bridgehead atoms. The van der Waals surface area contributed by atoms with Gasteiger partial charge in [0.05, 0.1) is 22.2 Å². The quantitative estimate of drug-likeness (QED) is 0.412. The number of pyridine rings is 2. The summed E-state index contributed by atoms with van der Waals surface area (Å²) in [5.41, 5.74) is 2.43. The number of hydrogen-bond donors (Lipinski definition) is 0. The minimum Gasteiger partial charge on any atom is -0.348 e. The number of anilines is 1. The van der Waals surface area contributed by atoms with Crippen LogP contribution in [-0.2, 0) is 11.3 Å². The van der Waals surface area contributed by atoms with E-state index >= 15 is 0 Å². The fraction of sp³-hybridized carbons (Fsp3) is 0.280. The number of carbonyl (C=O) groups is 1. The molecule has 4 rings (SSSR count). The lowest BCUT2D eigenvalue weighted by atomic mass is 10.1. The van der Waals surface area contributed by atoms with Gasteiger partial charge in [0, 0.05) is 30.5 Å². The van der Waals surface area contributed by atoms with Crippen molar-refractivity contribution in [3.05, 3.63) is 78.1 Å². The molecular weight excluding hydrogens is 386 g/mol. The van der Waals surface area contributed by atoms with Crippen molar-refractivity contribution < 1.29 is 4.79 Å². The van der Waals surface area contributed by atoms with Gasteiger partial charge in [0.2, 0.25) is 0 Å². The zero-order valence-corrected chi connectivity index (χ0v) is 18.0. The minimum atomic E-state index is -0.183. The van der Waals surface area contributed by atoms with Gasteiger partial charge in [-0.2, -0.15) is 10.1 Å². The van der Waals surface area contributed by atoms with Gasteiger partial charge in [-0.15, -0.1) is 0 Å². The molecule has 0 saturated heterocycles. The lowest BCUT2D eigenvalue weighted by Crippen LogP contribution is -2.22. The summed E-state index contributed by atoms with van der Waals surface area (Å²) < 4.78 is 2.18. The van der Waals surface area contributed by atoms with Gasteiger partial charge in [-0.25, -0.2) is 4.98 Å². The molecule has 0 aliphatic carbocycles. The third-order valence-electron chi connectivity index (χ3n) is 5.41. The van der Waals surface area contributed by atoms with Gasteiger partial charge in [-0.1, -0.05) is 44.0 Å². The van der Waals surface area contributed by atoms with Crippen molar-refractivity contribution in [1.29, 1.82) is 0 Å². The predicted octanol–water partition coefficient (Wildman–Crippen LogP) is 4.82. The van der Waals surface area contributed by atoms with Crippen LogP contribution in [0.2, 0.25) is 0 Å². The average molecular weight is 414 g/mol. The Labute approximate surface area is 182 Å². The van der Waals surface area contributed by atoms with Crippen LogP contribution < -0.4 is 10.4 Å². The molecule has 3 heterocycles. The molecule has 1 aliphatic heterocycles. The lowest BCUT2D eigenvalue weighted by Gasteiger charge is -2.09. The summed E-state index contributed by atoms with van der Waals surface area (Å²) in [6.07, 6.45) is 9.32. The Hall–Kier alpha value is -3.54. The van der Waals surface area contributed by atoms with Gasteiger partial charge in [-0.05, 0) is 44.0 Å². The highest BCUT2D eigenvalue weighted by molar-refractivity contribution is 6.30. The number of unbranched alkanes of at least 4 members (excludes halogenated alkanes) is 2. The summed E-state index contributed by atoms with van der Waals surface area (Å²) in [5, 5.41) is 7.88. The predicted molar refractivity (Wildman–Crippen MR) is 125 cm³/mol. The number of hydrazone groups is 1. The van der Waals surface area contributed by atoms with Crippen LogP contribution in [0.1, 0.15) is 39.5 Å². The molecule has 0 radical (unpaired) electrons. The van der Waals surface area contributed by atoms with E-state index in [9.17, 15) is 4.79 Å². The maximum absolute atomic E-state index is 13.2. The second kappa shape index (κ2) is 9.51.